The van der Waals surface area contributed by atoms with E-state index in [-0.39, 0.29) is 31.2 Å². The number of carbonyl (C=O) groups is 3. The number of hydrogen-bond donors (Lipinski definition) is 3. The van der Waals surface area contributed by atoms with Gasteiger partial charge in [-0.15, -0.1) is 0 Å². The van der Waals surface area contributed by atoms with E-state index in [2.05, 4.69) is 16.2 Å². The number of amides is 2. The number of esters is 1. The molecule has 0 aliphatic rings. The Morgan fingerprint density at radius 2 is 1.88 bits per heavy atom. The normalized spacial score (nSPS) is 9.68. The number of hydrogen-bond acceptors (Lipinski definition) is 6. The molecule has 0 aliphatic carbocycles. The van der Waals surface area contributed by atoms with Gasteiger partial charge in [-0.2, -0.15) is 0 Å². The molecule has 0 aliphatic heterocycles. The van der Waals surface area contributed by atoms with Crippen LogP contribution in [0.3, 0.4) is 0 Å². The molecule has 3 N–H and O–H groups in total. The highest BCUT2D eigenvalue weighted by Crippen LogP contribution is 2.11. The van der Waals surface area contributed by atoms with Crippen LogP contribution in [0.15, 0.2) is 24.3 Å². The molecule has 0 spiro atoms. The first-order valence-corrected chi connectivity index (χ1v) is 8.05. The highest BCUT2D eigenvalue weighted by atomic mass is 32.1. The molecule has 2 amide bonds. The van der Waals surface area contributed by atoms with Gasteiger partial charge >= 0.3 is 5.97 Å². The van der Waals surface area contributed by atoms with Gasteiger partial charge in [0.15, 0.2) is 11.7 Å². The summed E-state index contributed by atoms with van der Waals surface area (Å²) in [5.41, 5.74) is 5.69. The minimum Gasteiger partial charge on any atom is -0.484 e. The molecule has 8 nitrogen and oxygen atoms in total. The first-order valence-electron chi connectivity index (χ1n) is 7.64. The zero-order chi connectivity index (χ0) is 18.7. The fraction of sp³-hybridized carbons (Fsp3) is 0.375. The Bertz CT molecular complexity index is 636. The van der Waals surface area contributed by atoms with Gasteiger partial charge in [0, 0.05) is 6.42 Å². The lowest BCUT2D eigenvalue weighted by Gasteiger charge is -2.11. The molecule has 0 radical (unpaired) electrons. The van der Waals surface area contributed by atoms with Crippen molar-refractivity contribution in [1.82, 2.24) is 16.2 Å². The van der Waals surface area contributed by atoms with Crippen LogP contribution in [0.2, 0.25) is 0 Å². The van der Waals surface area contributed by atoms with E-state index >= 15 is 0 Å². The number of thiocarbonyl (C=S) groups is 1. The standard InChI is InChI=1S/C16H21N3O5S/c1-3-23-15(22)8-7-13(20)17-16(25)19-18-14(21)10-24-12-6-4-5-11(2)9-12/h4-6,9H,3,7-8,10H2,1-2H3,(H,18,21)(H2,17,19,20,25). The fourth-order valence-electron chi connectivity index (χ4n) is 1.69. The minimum absolute atomic E-state index is 0.0427. The Kier molecular flexibility index (Phi) is 8.94. The maximum atomic E-state index is 11.6. The molecule has 9 heteroatoms. The maximum Gasteiger partial charge on any atom is 0.306 e. The summed E-state index contributed by atoms with van der Waals surface area (Å²) in [6.45, 7) is 3.65. The number of rotatable bonds is 7. The van der Waals surface area contributed by atoms with Crippen molar-refractivity contribution in [3.63, 3.8) is 0 Å². The first kappa shape index (κ1) is 20.4. The van der Waals surface area contributed by atoms with Gasteiger partial charge in [0.1, 0.15) is 5.75 Å². The van der Waals surface area contributed by atoms with Crippen LogP contribution in [-0.2, 0) is 19.1 Å². The van der Waals surface area contributed by atoms with Crippen LogP contribution in [-0.4, -0.2) is 36.1 Å². The highest BCUT2D eigenvalue weighted by molar-refractivity contribution is 7.80. The van der Waals surface area contributed by atoms with Gasteiger partial charge in [-0.05, 0) is 43.8 Å². The average Bonchev–Trinajstić information content (AvgIpc) is 2.57. The number of hydrazine groups is 1. The van der Waals surface area contributed by atoms with Crippen molar-refractivity contribution in [2.75, 3.05) is 13.2 Å². The fourth-order valence-corrected chi connectivity index (χ4v) is 1.85. The van der Waals surface area contributed by atoms with E-state index in [4.69, 9.17) is 21.7 Å². The van der Waals surface area contributed by atoms with Gasteiger partial charge in [0.05, 0.1) is 13.0 Å². The van der Waals surface area contributed by atoms with Crippen LogP contribution in [0.25, 0.3) is 0 Å². The average molecular weight is 367 g/mol. The predicted molar refractivity (Wildman–Crippen MR) is 94.6 cm³/mol. The van der Waals surface area contributed by atoms with Crippen LogP contribution in [0.5, 0.6) is 5.75 Å². The van der Waals surface area contributed by atoms with Crippen molar-refractivity contribution >= 4 is 35.1 Å². The number of carbonyl (C=O) groups excluding carboxylic acids is 3. The van der Waals surface area contributed by atoms with Crippen molar-refractivity contribution < 1.29 is 23.9 Å². The molecule has 0 heterocycles. The minimum atomic E-state index is -0.468. The van der Waals surface area contributed by atoms with Crippen molar-refractivity contribution in [2.24, 2.45) is 0 Å². The van der Waals surface area contributed by atoms with Gasteiger partial charge in [-0.1, -0.05) is 12.1 Å². The summed E-state index contributed by atoms with van der Waals surface area (Å²) in [6, 6.07) is 7.27. The Labute approximate surface area is 151 Å². The second-order valence-electron chi connectivity index (χ2n) is 4.96. The molecule has 0 bridgehead atoms. The van der Waals surface area contributed by atoms with Crippen LogP contribution in [0.4, 0.5) is 0 Å². The molecule has 0 saturated heterocycles. The van der Waals surface area contributed by atoms with Gasteiger partial charge < -0.3 is 14.8 Å². The number of benzene rings is 1. The van der Waals surface area contributed by atoms with E-state index in [9.17, 15) is 14.4 Å². The smallest absolute Gasteiger partial charge is 0.306 e. The predicted octanol–water partition coefficient (Wildman–Crippen LogP) is 0.739. The quantitative estimate of drug-likeness (QED) is 0.371. The lowest BCUT2D eigenvalue weighted by Crippen LogP contribution is -2.49. The summed E-state index contributed by atoms with van der Waals surface area (Å²) in [6.07, 6.45) is -0.107. The zero-order valence-corrected chi connectivity index (χ0v) is 14.9. The van der Waals surface area contributed by atoms with E-state index in [1.54, 1.807) is 19.1 Å². The van der Waals surface area contributed by atoms with E-state index in [1.165, 1.54) is 0 Å². The van der Waals surface area contributed by atoms with Gasteiger partial charge in [-0.3, -0.25) is 25.2 Å². The first-order chi connectivity index (χ1) is 11.9. The van der Waals surface area contributed by atoms with Crippen LogP contribution in [0.1, 0.15) is 25.3 Å². The summed E-state index contributed by atoms with van der Waals surface area (Å²) in [5, 5.41) is 2.25. The lowest BCUT2D eigenvalue weighted by atomic mass is 10.2. The number of nitrogens with one attached hydrogen (secondary N) is 3. The molecule has 136 valence electrons. The van der Waals surface area contributed by atoms with Crippen molar-refractivity contribution in [1.29, 1.82) is 0 Å². The Hall–Kier alpha value is -2.68. The summed E-state index contributed by atoms with van der Waals surface area (Å²) < 4.78 is 10.0. The van der Waals surface area contributed by atoms with E-state index in [0.717, 1.165) is 5.56 Å². The molecule has 1 aromatic carbocycles. The molecule has 0 fully saturated rings. The highest BCUT2D eigenvalue weighted by Gasteiger charge is 2.10. The molecule has 1 aromatic rings. The molecule has 0 saturated carbocycles. The summed E-state index contributed by atoms with van der Waals surface area (Å²) in [5.74, 6) is -0.816. The Balaban J connectivity index is 2.21. The molecule has 0 atom stereocenters. The Morgan fingerprint density at radius 1 is 1.12 bits per heavy atom. The second kappa shape index (κ2) is 11.0. The number of aryl methyl sites for hydroxylation is 1. The van der Waals surface area contributed by atoms with Crippen molar-refractivity contribution in [3.05, 3.63) is 29.8 Å². The third-order valence-electron chi connectivity index (χ3n) is 2.79. The molecular formula is C16H21N3O5S. The SMILES string of the molecule is CCOC(=O)CCC(=O)NC(=S)NNC(=O)COc1cccc(C)c1. The Morgan fingerprint density at radius 3 is 2.56 bits per heavy atom. The van der Waals surface area contributed by atoms with E-state index in [0.29, 0.717) is 5.75 Å². The summed E-state index contributed by atoms with van der Waals surface area (Å²) >= 11 is 4.86. The topological polar surface area (TPSA) is 106 Å². The second-order valence-corrected chi connectivity index (χ2v) is 5.37. The van der Waals surface area contributed by atoms with Crippen LogP contribution < -0.4 is 20.9 Å². The largest absolute Gasteiger partial charge is 0.484 e. The van der Waals surface area contributed by atoms with Crippen LogP contribution >= 0.6 is 12.2 Å². The molecule has 0 aromatic heterocycles. The van der Waals surface area contributed by atoms with E-state index < -0.39 is 17.8 Å². The van der Waals surface area contributed by atoms with Crippen molar-refractivity contribution in [3.8, 4) is 5.75 Å². The van der Waals surface area contributed by atoms with Gasteiger partial charge in [-0.25, -0.2) is 0 Å². The lowest BCUT2D eigenvalue weighted by molar-refractivity contribution is -0.144. The molecule has 1 rings (SSSR count). The monoisotopic (exact) mass is 367 g/mol. The molecule has 0 unspecified atom stereocenters. The third-order valence-corrected chi connectivity index (χ3v) is 2.99. The van der Waals surface area contributed by atoms with Gasteiger partial charge in [0.25, 0.3) is 5.91 Å². The van der Waals surface area contributed by atoms with Crippen molar-refractivity contribution in [2.45, 2.75) is 26.7 Å². The van der Waals surface area contributed by atoms with E-state index in [1.807, 2.05) is 19.1 Å². The molecule has 25 heavy (non-hydrogen) atoms. The maximum absolute atomic E-state index is 11.6. The molecular weight excluding hydrogens is 346 g/mol. The van der Waals surface area contributed by atoms with Gasteiger partial charge in [0.2, 0.25) is 5.91 Å². The third kappa shape index (κ3) is 9.26. The number of ether oxygens (including phenoxy) is 2. The van der Waals surface area contributed by atoms with Crippen LogP contribution in [0, 0.1) is 6.92 Å². The zero-order valence-electron chi connectivity index (χ0n) is 14.1. The summed E-state index contributed by atoms with van der Waals surface area (Å²) in [7, 11) is 0. The summed E-state index contributed by atoms with van der Waals surface area (Å²) in [4.78, 5) is 34.3.